The molecule has 5 rings (SSSR count). The number of fused-ring (bicyclic) bond motifs is 1. The minimum atomic E-state index is -4.59. The maximum absolute atomic E-state index is 13.4. The van der Waals surface area contributed by atoms with Crippen molar-refractivity contribution in [3.63, 3.8) is 0 Å². The van der Waals surface area contributed by atoms with E-state index in [1.165, 1.54) is 48.7 Å². The van der Waals surface area contributed by atoms with Crippen molar-refractivity contribution < 1.29 is 32.1 Å². The molecule has 13 nitrogen and oxygen atoms in total. The number of aliphatic imine (C=N–C) groups is 1. The van der Waals surface area contributed by atoms with Crippen LogP contribution in [0.4, 0.5) is 23.8 Å². The summed E-state index contributed by atoms with van der Waals surface area (Å²) < 4.78 is 44.3. The number of nitrogens with one attached hydrogen (secondary N) is 1. The van der Waals surface area contributed by atoms with E-state index in [1.54, 1.807) is 13.0 Å². The number of aryl methyl sites for hydroxylation is 1. The molecular weight excluding hydrogens is 535 g/mol. The van der Waals surface area contributed by atoms with Gasteiger partial charge in [-0.25, -0.2) is 14.8 Å². The molecule has 3 aromatic heterocycles. The number of urea groups is 1. The van der Waals surface area contributed by atoms with Crippen LogP contribution in [0.5, 0.6) is 0 Å². The topological polar surface area (TPSA) is 150 Å². The van der Waals surface area contributed by atoms with Crippen LogP contribution in [0.25, 0.3) is 11.3 Å². The number of carbonyl (C=O) groups excluding carboxylic acids is 3. The number of amides is 4. The number of rotatable bonds is 6. The van der Waals surface area contributed by atoms with Gasteiger partial charge in [-0.2, -0.15) is 13.2 Å². The van der Waals surface area contributed by atoms with Crippen LogP contribution < -0.4 is 5.32 Å². The first-order chi connectivity index (χ1) is 18.9. The highest BCUT2D eigenvalue weighted by Gasteiger charge is 2.51. The summed E-state index contributed by atoms with van der Waals surface area (Å²) in [5.41, 5.74) is -0.445. The molecule has 1 fully saturated rings. The second-order valence-corrected chi connectivity index (χ2v) is 9.23. The van der Waals surface area contributed by atoms with Crippen molar-refractivity contribution in [3.8, 4) is 11.3 Å². The van der Waals surface area contributed by atoms with Crippen LogP contribution in [0.3, 0.4) is 0 Å². The first-order valence-electron chi connectivity index (χ1n) is 11.9. The van der Waals surface area contributed by atoms with Gasteiger partial charge in [-0.1, -0.05) is 5.16 Å². The van der Waals surface area contributed by atoms with E-state index in [-0.39, 0.29) is 23.6 Å². The number of aromatic nitrogens is 4. The van der Waals surface area contributed by atoms with Crippen molar-refractivity contribution in [2.45, 2.75) is 44.8 Å². The minimum absolute atomic E-state index is 0.0234. The molecule has 208 valence electrons. The standard InChI is InChI=1S/C24H22F3N9O4/c1-12-4-16(33-40-12)10-35-22(38)19-20(34(3)23(35)39)30-11-36(19)13(2)21(37)32-18-9-29-8-17(31-18)14-5-15(7-28-6-14)24(25,26)27/h4-9,11,13,19-20H,10H2,1-3H3,(H,31,32,37)/t13-,19?,20?/m0/s1. The molecule has 0 aromatic carbocycles. The Morgan fingerprint density at radius 2 is 1.90 bits per heavy atom. The zero-order valence-electron chi connectivity index (χ0n) is 21.3. The van der Waals surface area contributed by atoms with Crippen LogP contribution in [0.1, 0.15) is 23.9 Å². The van der Waals surface area contributed by atoms with Crippen molar-refractivity contribution in [1.29, 1.82) is 0 Å². The lowest BCUT2D eigenvalue weighted by Crippen LogP contribution is -2.66. The molecule has 16 heteroatoms. The molecule has 3 aromatic rings. The van der Waals surface area contributed by atoms with Crippen LogP contribution in [0, 0.1) is 6.92 Å². The second-order valence-electron chi connectivity index (χ2n) is 9.23. The number of pyridine rings is 1. The monoisotopic (exact) mass is 557 g/mol. The van der Waals surface area contributed by atoms with Gasteiger partial charge < -0.3 is 19.6 Å². The molecule has 2 aliphatic rings. The second kappa shape index (κ2) is 10.0. The Hall–Kier alpha value is -4.89. The van der Waals surface area contributed by atoms with Crippen molar-refractivity contribution in [2.75, 3.05) is 12.4 Å². The van der Waals surface area contributed by atoms with E-state index in [4.69, 9.17) is 4.52 Å². The maximum atomic E-state index is 13.4. The van der Waals surface area contributed by atoms with Crippen molar-refractivity contribution in [2.24, 2.45) is 4.99 Å². The predicted molar refractivity (Wildman–Crippen MR) is 131 cm³/mol. The molecular formula is C24H22F3N9O4. The fourth-order valence-electron chi connectivity index (χ4n) is 4.38. The van der Waals surface area contributed by atoms with Gasteiger partial charge in [-0.15, -0.1) is 0 Å². The minimum Gasteiger partial charge on any atom is -0.361 e. The van der Waals surface area contributed by atoms with Gasteiger partial charge in [0.15, 0.2) is 18.0 Å². The van der Waals surface area contributed by atoms with Crippen LogP contribution in [-0.4, -0.2) is 84.3 Å². The molecule has 0 aliphatic carbocycles. The lowest BCUT2D eigenvalue weighted by atomic mass is 10.1. The summed E-state index contributed by atoms with van der Waals surface area (Å²) in [5, 5.41) is 6.41. The third kappa shape index (κ3) is 4.94. The van der Waals surface area contributed by atoms with E-state index in [0.29, 0.717) is 17.7 Å². The molecule has 40 heavy (non-hydrogen) atoms. The van der Waals surface area contributed by atoms with Gasteiger partial charge in [0.05, 0.1) is 36.5 Å². The van der Waals surface area contributed by atoms with Crippen molar-refractivity contribution >= 4 is 30.0 Å². The quantitative estimate of drug-likeness (QED) is 0.482. The van der Waals surface area contributed by atoms with Gasteiger partial charge >= 0.3 is 12.2 Å². The summed E-state index contributed by atoms with van der Waals surface area (Å²) in [6.45, 7) is 3.10. The number of hydrogen-bond acceptors (Lipinski definition) is 10. The number of carbonyl (C=O) groups is 3. The normalized spacial score (nSPS) is 19.7. The molecule has 0 radical (unpaired) electrons. The smallest absolute Gasteiger partial charge is 0.361 e. The Bertz CT molecular complexity index is 1510. The number of alkyl halides is 3. The first-order valence-corrected chi connectivity index (χ1v) is 11.9. The number of halogens is 3. The Kier molecular flexibility index (Phi) is 6.69. The highest BCUT2D eigenvalue weighted by Crippen LogP contribution is 2.31. The Balaban J connectivity index is 1.32. The van der Waals surface area contributed by atoms with Gasteiger partial charge in [-0.3, -0.25) is 24.5 Å². The SMILES string of the molecule is Cc1cc(CN2C(=O)C3C(N=CN3[C@@H](C)C(=O)Nc3cncc(-c4cncc(C(F)(F)F)c4)n3)N(C)C2=O)no1. The van der Waals surface area contributed by atoms with E-state index in [0.717, 1.165) is 11.0 Å². The number of hydrogen-bond donors (Lipinski definition) is 1. The Labute approximate surface area is 224 Å². The summed E-state index contributed by atoms with van der Waals surface area (Å²) in [6.07, 6.45) is 0.269. The van der Waals surface area contributed by atoms with E-state index < -0.39 is 47.8 Å². The molecule has 4 amide bonds. The first kappa shape index (κ1) is 26.7. The lowest BCUT2D eigenvalue weighted by molar-refractivity contribution is -0.139. The highest BCUT2D eigenvalue weighted by atomic mass is 19.4. The number of anilines is 1. The summed E-state index contributed by atoms with van der Waals surface area (Å²) in [6, 6.07) is -0.0219. The van der Waals surface area contributed by atoms with Gasteiger partial charge in [-0.05, 0) is 19.9 Å². The van der Waals surface area contributed by atoms with Crippen molar-refractivity contribution in [3.05, 3.63) is 53.9 Å². The third-order valence-electron chi connectivity index (χ3n) is 6.48. The van der Waals surface area contributed by atoms with E-state index in [2.05, 4.69) is 30.4 Å². The molecule has 0 saturated carbocycles. The average molecular weight is 557 g/mol. The Morgan fingerprint density at radius 1 is 1.15 bits per heavy atom. The number of likely N-dealkylation sites (N-methyl/N-ethyl adjacent to an activating group) is 1. The molecule has 0 bridgehead atoms. The molecule has 5 heterocycles. The molecule has 0 spiro atoms. The molecule has 1 N–H and O–H groups in total. The summed E-state index contributed by atoms with van der Waals surface area (Å²) in [7, 11) is 1.50. The van der Waals surface area contributed by atoms with Gasteiger partial charge in [0.2, 0.25) is 5.91 Å². The van der Waals surface area contributed by atoms with E-state index >= 15 is 0 Å². The summed E-state index contributed by atoms with van der Waals surface area (Å²) in [5.74, 6) is -0.660. The molecule has 2 unspecified atom stereocenters. The van der Waals surface area contributed by atoms with Gasteiger partial charge in [0.25, 0.3) is 5.91 Å². The number of nitrogens with zero attached hydrogens (tertiary/aromatic N) is 8. The molecule has 2 aliphatic heterocycles. The highest BCUT2D eigenvalue weighted by molar-refractivity contribution is 6.03. The molecule has 3 atom stereocenters. The zero-order chi connectivity index (χ0) is 28.8. The van der Waals surface area contributed by atoms with Crippen LogP contribution in [0.2, 0.25) is 0 Å². The molecule has 1 saturated heterocycles. The summed E-state index contributed by atoms with van der Waals surface area (Å²) >= 11 is 0. The largest absolute Gasteiger partial charge is 0.417 e. The fourth-order valence-corrected chi connectivity index (χ4v) is 4.38. The van der Waals surface area contributed by atoms with Gasteiger partial charge in [0.1, 0.15) is 17.5 Å². The van der Waals surface area contributed by atoms with E-state index in [1.807, 2.05) is 0 Å². The maximum Gasteiger partial charge on any atom is 0.417 e. The Morgan fingerprint density at radius 3 is 2.60 bits per heavy atom. The van der Waals surface area contributed by atoms with Crippen molar-refractivity contribution in [1.82, 2.24) is 34.8 Å². The zero-order valence-corrected chi connectivity index (χ0v) is 21.3. The van der Waals surface area contributed by atoms with Gasteiger partial charge in [0, 0.05) is 31.1 Å². The fraction of sp³-hybridized carbons (Fsp3) is 0.333. The van der Waals surface area contributed by atoms with Crippen LogP contribution in [0.15, 0.2) is 46.4 Å². The van der Waals surface area contributed by atoms with Crippen LogP contribution >= 0.6 is 0 Å². The average Bonchev–Trinajstić information content (AvgIpc) is 3.55. The van der Waals surface area contributed by atoms with Crippen LogP contribution in [-0.2, 0) is 22.3 Å². The van der Waals surface area contributed by atoms with E-state index in [9.17, 15) is 27.6 Å². The number of imide groups is 1. The third-order valence-corrected chi connectivity index (χ3v) is 6.48. The summed E-state index contributed by atoms with van der Waals surface area (Å²) in [4.78, 5) is 59.3. The predicted octanol–water partition coefficient (Wildman–Crippen LogP) is 2.31. The lowest BCUT2D eigenvalue weighted by Gasteiger charge is -2.42.